The van der Waals surface area contributed by atoms with Gasteiger partial charge in [-0.3, -0.25) is 4.79 Å². The Morgan fingerprint density at radius 1 is 1.58 bits per heavy atom. The Bertz CT molecular complexity index is 426. The molecule has 5 nitrogen and oxygen atoms in total. The molecule has 2 heterocycles. The van der Waals surface area contributed by atoms with E-state index < -0.39 is 0 Å². The van der Waals surface area contributed by atoms with Crippen LogP contribution in [0.5, 0.6) is 0 Å². The van der Waals surface area contributed by atoms with Gasteiger partial charge in [0.2, 0.25) is 0 Å². The molecule has 1 atom stereocenters. The van der Waals surface area contributed by atoms with Gasteiger partial charge in [-0.15, -0.1) is 12.4 Å². The van der Waals surface area contributed by atoms with Gasteiger partial charge < -0.3 is 15.4 Å². The number of amides is 1. The summed E-state index contributed by atoms with van der Waals surface area (Å²) in [5, 5.41) is 0. The maximum absolute atomic E-state index is 12.3. The highest BCUT2D eigenvalue weighted by Gasteiger charge is 2.25. The van der Waals surface area contributed by atoms with E-state index in [0.717, 1.165) is 19.4 Å². The molecule has 1 unspecified atom stereocenters. The van der Waals surface area contributed by atoms with Crippen molar-refractivity contribution in [2.75, 3.05) is 25.4 Å². The fraction of sp³-hybridized carbons (Fsp3) is 0.538. The molecule has 0 aliphatic carbocycles. The number of rotatable bonds is 3. The minimum absolute atomic E-state index is 0. The maximum Gasteiger partial charge on any atom is 0.272 e. The third kappa shape index (κ3) is 4.08. The van der Waals surface area contributed by atoms with Crippen LogP contribution in [-0.4, -0.2) is 41.6 Å². The van der Waals surface area contributed by atoms with Crippen molar-refractivity contribution < 1.29 is 9.53 Å². The highest BCUT2D eigenvalue weighted by molar-refractivity contribution is 5.92. The molecule has 106 valence electrons. The molecule has 1 saturated heterocycles. The van der Waals surface area contributed by atoms with Crippen molar-refractivity contribution in [2.24, 2.45) is 0 Å². The molecule has 2 N–H and O–H groups in total. The van der Waals surface area contributed by atoms with Crippen LogP contribution in [0.2, 0.25) is 0 Å². The number of carbonyl (C=O) groups excluding carboxylic acids is 1. The van der Waals surface area contributed by atoms with Crippen LogP contribution in [0.4, 0.5) is 5.82 Å². The van der Waals surface area contributed by atoms with Crippen LogP contribution in [0, 0.1) is 0 Å². The molecular weight excluding hydrogens is 266 g/mol. The fourth-order valence-electron chi connectivity index (χ4n) is 2.23. The Balaban J connectivity index is 0.00000180. The Morgan fingerprint density at radius 3 is 3.05 bits per heavy atom. The topological polar surface area (TPSA) is 68.5 Å². The lowest BCUT2D eigenvalue weighted by Gasteiger charge is -2.32. The van der Waals surface area contributed by atoms with Crippen LogP contribution in [0.25, 0.3) is 0 Å². The van der Waals surface area contributed by atoms with Crippen LogP contribution >= 0.6 is 12.4 Å². The third-order valence-electron chi connectivity index (χ3n) is 3.06. The summed E-state index contributed by atoms with van der Waals surface area (Å²) in [4.78, 5) is 18.1. The Labute approximate surface area is 119 Å². The van der Waals surface area contributed by atoms with Gasteiger partial charge in [-0.05, 0) is 31.9 Å². The van der Waals surface area contributed by atoms with Crippen LogP contribution in [0.1, 0.15) is 30.3 Å². The largest absolute Gasteiger partial charge is 0.384 e. The van der Waals surface area contributed by atoms with Crippen molar-refractivity contribution in [3.8, 4) is 0 Å². The van der Waals surface area contributed by atoms with E-state index in [9.17, 15) is 4.79 Å². The molecule has 0 radical (unpaired) electrons. The number of pyridine rings is 1. The molecule has 0 aromatic carbocycles. The van der Waals surface area contributed by atoms with E-state index in [0.29, 0.717) is 24.7 Å². The van der Waals surface area contributed by atoms with Crippen molar-refractivity contribution in [3.63, 3.8) is 0 Å². The molecule has 0 spiro atoms. The van der Waals surface area contributed by atoms with Crippen LogP contribution in [0.3, 0.4) is 0 Å². The van der Waals surface area contributed by atoms with Crippen LogP contribution in [0.15, 0.2) is 18.2 Å². The number of ether oxygens (including phenoxy) is 1. The number of halogens is 1. The highest BCUT2D eigenvalue weighted by Crippen LogP contribution is 2.15. The van der Waals surface area contributed by atoms with Crippen molar-refractivity contribution in [1.82, 2.24) is 9.88 Å². The van der Waals surface area contributed by atoms with Crippen LogP contribution < -0.4 is 5.73 Å². The van der Waals surface area contributed by atoms with Gasteiger partial charge in [0.15, 0.2) is 0 Å². The molecule has 1 aromatic heterocycles. The monoisotopic (exact) mass is 285 g/mol. The third-order valence-corrected chi connectivity index (χ3v) is 3.06. The number of piperidine rings is 1. The SMILES string of the molecule is CCOC1CCCN(C(=O)c2cccc(N)n2)C1.Cl. The molecular formula is C13H20ClN3O2. The van der Waals surface area contributed by atoms with E-state index in [-0.39, 0.29) is 24.4 Å². The molecule has 1 fully saturated rings. The average molecular weight is 286 g/mol. The number of anilines is 1. The molecule has 1 amide bonds. The molecule has 6 heteroatoms. The number of nitrogen functional groups attached to an aromatic ring is 1. The summed E-state index contributed by atoms with van der Waals surface area (Å²) in [7, 11) is 0. The number of nitrogens with two attached hydrogens (primary N) is 1. The van der Waals surface area contributed by atoms with E-state index in [1.54, 1.807) is 23.1 Å². The fourth-order valence-corrected chi connectivity index (χ4v) is 2.23. The summed E-state index contributed by atoms with van der Waals surface area (Å²) in [5.41, 5.74) is 6.00. The molecule has 0 bridgehead atoms. The lowest BCUT2D eigenvalue weighted by atomic mass is 10.1. The van der Waals surface area contributed by atoms with Gasteiger partial charge in [-0.1, -0.05) is 6.07 Å². The zero-order chi connectivity index (χ0) is 13.0. The summed E-state index contributed by atoms with van der Waals surface area (Å²) in [6, 6.07) is 5.12. The molecule has 0 saturated carbocycles. The number of nitrogens with zero attached hydrogens (tertiary/aromatic N) is 2. The van der Waals surface area contributed by atoms with Crippen LogP contribution in [-0.2, 0) is 4.74 Å². The van der Waals surface area contributed by atoms with Crippen molar-refractivity contribution in [2.45, 2.75) is 25.9 Å². The maximum atomic E-state index is 12.3. The minimum atomic E-state index is -0.0632. The zero-order valence-corrected chi connectivity index (χ0v) is 11.9. The Morgan fingerprint density at radius 2 is 2.37 bits per heavy atom. The predicted octanol–water partition coefficient (Wildman–Crippen LogP) is 1.73. The van der Waals surface area contributed by atoms with Gasteiger partial charge in [-0.25, -0.2) is 4.98 Å². The first-order valence-electron chi connectivity index (χ1n) is 6.34. The first-order valence-corrected chi connectivity index (χ1v) is 6.34. The average Bonchev–Trinajstić information content (AvgIpc) is 2.39. The molecule has 1 aliphatic rings. The Kier molecular flexibility index (Phi) is 6.05. The highest BCUT2D eigenvalue weighted by atomic mass is 35.5. The van der Waals surface area contributed by atoms with E-state index in [4.69, 9.17) is 10.5 Å². The number of likely N-dealkylation sites (tertiary alicyclic amines) is 1. The lowest BCUT2D eigenvalue weighted by Crippen LogP contribution is -2.43. The molecule has 1 aliphatic heterocycles. The normalized spacial score (nSPS) is 18.8. The van der Waals surface area contributed by atoms with Crippen molar-refractivity contribution >= 4 is 24.1 Å². The second-order valence-electron chi connectivity index (χ2n) is 4.42. The van der Waals surface area contributed by atoms with E-state index in [2.05, 4.69) is 4.98 Å². The standard InChI is InChI=1S/C13H19N3O2.ClH/c1-2-18-10-5-4-8-16(9-10)13(17)11-6-3-7-12(14)15-11;/h3,6-7,10H,2,4-5,8-9H2,1H3,(H2,14,15);1H. The van der Waals surface area contributed by atoms with Gasteiger partial charge in [0.25, 0.3) is 5.91 Å². The van der Waals surface area contributed by atoms with Gasteiger partial charge >= 0.3 is 0 Å². The molecule has 19 heavy (non-hydrogen) atoms. The van der Waals surface area contributed by atoms with E-state index in [1.807, 2.05) is 6.92 Å². The van der Waals surface area contributed by atoms with Gasteiger partial charge in [0.05, 0.1) is 6.10 Å². The van der Waals surface area contributed by atoms with E-state index >= 15 is 0 Å². The summed E-state index contributed by atoms with van der Waals surface area (Å²) >= 11 is 0. The first-order chi connectivity index (χ1) is 8.70. The first kappa shape index (κ1) is 15.7. The smallest absolute Gasteiger partial charge is 0.272 e. The van der Waals surface area contributed by atoms with Gasteiger partial charge in [0.1, 0.15) is 11.5 Å². The Hall–Kier alpha value is -1.33. The predicted molar refractivity (Wildman–Crippen MR) is 76.4 cm³/mol. The quantitative estimate of drug-likeness (QED) is 0.918. The molecule has 2 rings (SSSR count). The lowest BCUT2D eigenvalue weighted by molar-refractivity contribution is 0.00704. The number of hydrogen-bond acceptors (Lipinski definition) is 4. The number of hydrogen-bond donors (Lipinski definition) is 1. The summed E-state index contributed by atoms with van der Waals surface area (Å²) in [6.07, 6.45) is 2.13. The summed E-state index contributed by atoms with van der Waals surface area (Å²) in [5.74, 6) is 0.311. The zero-order valence-electron chi connectivity index (χ0n) is 11.0. The van der Waals surface area contributed by atoms with Crippen molar-refractivity contribution in [3.05, 3.63) is 23.9 Å². The van der Waals surface area contributed by atoms with Crippen molar-refractivity contribution in [1.29, 1.82) is 0 Å². The second-order valence-corrected chi connectivity index (χ2v) is 4.42. The second kappa shape index (κ2) is 7.31. The minimum Gasteiger partial charge on any atom is -0.384 e. The number of aromatic nitrogens is 1. The molecule has 1 aromatic rings. The van der Waals surface area contributed by atoms with E-state index in [1.165, 1.54) is 0 Å². The summed E-state index contributed by atoms with van der Waals surface area (Å²) in [6.45, 7) is 4.06. The van der Waals surface area contributed by atoms with Gasteiger partial charge in [-0.2, -0.15) is 0 Å². The number of carbonyl (C=O) groups is 1. The summed E-state index contributed by atoms with van der Waals surface area (Å²) < 4.78 is 5.58. The van der Waals surface area contributed by atoms with Gasteiger partial charge in [0, 0.05) is 19.7 Å².